The first-order valence-corrected chi connectivity index (χ1v) is 6.07. The number of alkyl halides is 2. The van der Waals surface area contributed by atoms with Gasteiger partial charge in [0.1, 0.15) is 0 Å². The molecule has 2 aliphatic heterocycles. The minimum Gasteiger partial charge on any atom is -0.353 e. The lowest BCUT2D eigenvalue weighted by atomic mass is 10.1. The molecule has 2 rings (SSSR count). The number of rotatable bonds is 3. The molecule has 2 atom stereocenters. The molecule has 2 aliphatic rings. The first-order chi connectivity index (χ1) is 7.98. The van der Waals surface area contributed by atoms with Gasteiger partial charge in [-0.25, -0.2) is 8.78 Å². The molecule has 2 heterocycles. The molecule has 0 aromatic heterocycles. The zero-order valence-electron chi connectivity index (χ0n) is 10.0. The van der Waals surface area contributed by atoms with Crippen LogP contribution >= 0.6 is 0 Å². The average Bonchev–Trinajstić information content (AvgIpc) is 2.81. The SMILES string of the molecule is CN1CCCC1CNC(=O)C1CC(F)(F)CN1. The van der Waals surface area contributed by atoms with E-state index in [-0.39, 0.29) is 12.3 Å². The Kier molecular flexibility index (Phi) is 3.63. The van der Waals surface area contributed by atoms with E-state index in [2.05, 4.69) is 15.5 Å². The highest BCUT2D eigenvalue weighted by molar-refractivity contribution is 5.82. The van der Waals surface area contributed by atoms with Crippen molar-refractivity contribution >= 4 is 5.91 Å². The molecule has 0 aliphatic carbocycles. The number of likely N-dealkylation sites (tertiary alicyclic amines) is 1. The summed E-state index contributed by atoms with van der Waals surface area (Å²) in [5.74, 6) is -3.05. The van der Waals surface area contributed by atoms with Gasteiger partial charge in [-0.05, 0) is 26.4 Å². The Morgan fingerprint density at radius 3 is 2.88 bits per heavy atom. The molecule has 6 heteroatoms. The zero-order chi connectivity index (χ0) is 12.5. The fourth-order valence-corrected chi connectivity index (χ4v) is 2.48. The third kappa shape index (κ3) is 3.13. The summed E-state index contributed by atoms with van der Waals surface area (Å²) in [6, 6.07) is -0.391. The van der Waals surface area contributed by atoms with Gasteiger partial charge in [0.05, 0.1) is 12.6 Å². The zero-order valence-corrected chi connectivity index (χ0v) is 10.0. The first kappa shape index (κ1) is 12.7. The minimum absolute atomic E-state index is 0.303. The van der Waals surface area contributed by atoms with Gasteiger partial charge in [-0.3, -0.25) is 10.1 Å². The van der Waals surface area contributed by atoms with Crippen molar-refractivity contribution in [2.75, 3.05) is 26.7 Å². The summed E-state index contributed by atoms with van der Waals surface area (Å²) >= 11 is 0. The normalized spacial score (nSPS) is 32.9. The second-order valence-electron chi connectivity index (χ2n) is 5.02. The van der Waals surface area contributed by atoms with Gasteiger partial charge in [0.2, 0.25) is 5.91 Å². The predicted octanol–water partition coefficient (Wildman–Crippen LogP) is 0.194. The monoisotopic (exact) mass is 247 g/mol. The van der Waals surface area contributed by atoms with Crippen LogP contribution in [0.25, 0.3) is 0 Å². The Bertz CT molecular complexity index is 298. The van der Waals surface area contributed by atoms with Crippen LogP contribution in [0.2, 0.25) is 0 Å². The number of hydrogen-bond acceptors (Lipinski definition) is 3. The van der Waals surface area contributed by atoms with Crippen LogP contribution in [-0.2, 0) is 4.79 Å². The van der Waals surface area contributed by atoms with Gasteiger partial charge in [0.25, 0.3) is 5.92 Å². The van der Waals surface area contributed by atoms with Gasteiger partial charge in [0, 0.05) is 19.0 Å². The van der Waals surface area contributed by atoms with E-state index in [1.54, 1.807) is 0 Å². The lowest BCUT2D eigenvalue weighted by Crippen LogP contribution is -2.45. The van der Waals surface area contributed by atoms with Crippen LogP contribution in [0.4, 0.5) is 8.78 Å². The Morgan fingerprint density at radius 1 is 1.59 bits per heavy atom. The van der Waals surface area contributed by atoms with Crippen LogP contribution in [0.1, 0.15) is 19.3 Å². The average molecular weight is 247 g/mol. The first-order valence-electron chi connectivity index (χ1n) is 6.07. The van der Waals surface area contributed by atoms with Crippen molar-refractivity contribution in [3.05, 3.63) is 0 Å². The summed E-state index contributed by atoms with van der Waals surface area (Å²) in [7, 11) is 2.02. The summed E-state index contributed by atoms with van der Waals surface area (Å²) in [5, 5.41) is 5.32. The lowest BCUT2D eigenvalue weighted by Gasteiger charge is -2.20. The molecule has 2 saturated heterocycles. The summed E-state index contributed by atoms with van der Waals surface area (Å²) in [5.41, 5.74) is 0. The second kappa shape index (κ2) is 4.86. The maximum absolute atomic E-state index is 12.9. The van der Waals surface area contributed by atoms with Crippen LogP contribution in [0.3, 0.4) is 0 Å². The largest absolute Gasteiger partial charge is 0.353 e. The maximum atomic E-state index is 12.9. The van der Waals surface area contributed by atoms with Crippen LogP contribution in [0, 0.1) is 0 Å². The van der Waals surface area contributed by atoms with Crippen molar-refractivity contribution in [3.8, 4) is 0 Å². The van der Waals surface area contributed by atoms with E-state index in [9.17, 15) is 13.6 Å². The van der Waals surface area contributed by atoms with Crippen molar-refractivity contribution in [1.29, 1.82) is 0 Å². The van der Waals surface area contributed by atoms with E-state index in [0.29, 0.717) is 12.6 Å². The van der Waals surface area contributed by atoms with Gasteiger partial charge in [0.15, 0.2) is 0 Å². The van der Waals surface area contributed by atoms with E-state index in [1.165, 1.54) is 0 Å². The number of nitrogens with one attached hydrogen (secondary N) is 2. The highest BCUT2D eigenvalue weighted by Crippen LogP contribution is 2.25. The summed E-state index contributed by atoms with van der Waals surface area (Å²) < 4.78 is 25.8. The smallest absolute Gasteiger partial charge is 0.262 e. The number of likely N-dealkylation sites (N-methyl/N-ethyl adjacent to an activating group) is 1. The van der Waals surface area contributed by atoms with Crippen molar-refractivity contribution < 1.29 is 13.6 Å². The Morgan fingerprint density at radius 2 is 2.35 bits per heavy atom. The quantitative estimate of drug-likeness (QED) is 0.748. The van der Waals surface area contributed by atoms with Crippen LogP contribution in [-0.4, -0.2) is 55.5 Å². The molecule has 0 aromatic rings. The highest BCUT2D eigenvalue weighted by Gasteiger charge is 2.42. The number of carbonyl (C=O) groups is 1. The van der Waals surface area contributed by atoms with Crippen LogP contribution in [0.5, 0.6) is 0 Å². The van der Waals surface area contributed by atoms with Gasteiger partial charge in [-0.15, -0.1) is 0 Å². The Hall–Kier alpha value is -0.750. The lowest BCUT2D eigenvalue weighted by molar-refractivity contribution is -0.123. The highest BCUT2D eigenvalue weighted by atomic mass is 19.3. The molecule has 1 amide bonds. The molecule has 4 nitrogen and oxygen atoms in total. The van der Waals surface area contributed by atoms with E-state index < -0.39 is 18.5 Å². The molecule has 0 aromatic carbocycles. The van der Waals surface area contributed by atoms with Gasteiger partial charge in [-0.1, -0.05) is 0 Å². The summed E-state index contributed by atoms with van der Waals surface area (Å²) in [6.07, 6.45) is 1.81. The molecule has 2 unspecified atom stereocenters. The van der Waals surface area contributed by atoms with Crippen molar-refractivity contribution in [1.82, 2.24) is 15.5 Å². The molecule has 98 valence electrons. The second-order valence-corrected chi connectivity index (χ2v) is 5.02. The molecule has 0 bridgehead atoms. The molecular formula is C11H19F2N3O. The topological polar surface area (TPSA) is 44.4 Å². The van der Waals surface area contributed by atoms with Gasteiger partial charge < -0.3 is 10.2 Å². The van der Waals surface area contributed by atoms with Crippen LogP contribution in [0.15, 0.2) is 0 Å². The molecule has 0 saturated carbocycles. The number of halogens is 2. The Labute approximate surface area is 99.7 Å². The molecule has 17 heavy (non-hydrogen) atoms. The third-order valence-electron chi connectivity index (χ3n) is 3.61. The summed E-state index contributed by atoms with van der Waals surface area (Å²) in [4.78, 5) is 13.9. The predicted molar refractivity (Wildman–Crippen MR) is 60.0 cm³/mol. The molecule has 2 fully saturated rings. The molecule has 2 N–H and O–H groups in total. The van der Waals surface area contributed by atoms with E-state index in [4.69, 9.17) is 0 Å². The van der Waals surface area contributed by atoms with Crippen LogP contribution < -0.4 is 10.6 Å². The van der Waals surface area contributed by atoms with Crippen molar-refractivity contribution in [2.45, 2.75) is 37.3 Å². The number of hydrogen-bond donors (Lipinski definition) is 2. The molecular weight excluding hydrogens is 228 g/mol. The fourth-order valence-electron chi connectivity index (χ4n) is 2.48. The van der Waals surface area contributed by atoms with E-state index >= 15 is 0 Å². The fraction of sp³-hybridized carbons (Fsp3) is 0.909. The van der Waals surface area contributed by atoms with Crippen molar-refractivity contribution in [3.63, 3.8) is 0 Å². The number of nitrogens with zero attached hydrogens (tertiary/aromatic N) is 1. The molecule has 0 radical (unpaired) electrons. The maximum Gasteiger partial charge on any atom is 0.262 e. The third-order valence-corrected chi connectivity index (χ3v) is 3.61. The van der Waals surface area contributed by atoms with Gasteiger partial charge in [-0.2, -0.15) is 0 Å². The Balaban J connectivity index is 1.74. The number of carbonyl (C=O) groups excluding carboxylic acids is 1. The standard InChI is InChI=1S/C11H19F2N3O/c1-16-4-2-3-8(16)6-14-10(17)9-5-11(12,13)7-15-9/h8-9,15H,2-7H2,1H3,(H,14,17). The number of amides is 1. The minimum atomic E-state index is -2.74. The van der Waals surface area contributed by atoms with Crippen molar-refractivity contribution in [2.24, 2.45) is 0 Å². The van der Waals surface area contributed by atoms with Gasteiger partial charge >= 0.3 is 0 Å². The summed E-state index contributed by atoms with van der Waals surface area (Å²) in [6.45, 7) is 1.20. The van der Waals surface area contributed by atoms with E-state index in [0.717, 1.165) is 19.4 Å². The van der Waals surface area contributed by atoms with E-state index in [1.807, 2.05) is 7.05 Å². The molecule has 0 spiro atoms.